The molecule has 0 radical (unpaired) electrons. The lowest BCUT2D eigenvalue weighted by atomic mass is 10.1. The van der Waals surface area contributed by atoms with Crippen molar-refractivity contribution in [2.75, 3.05) is 25.6 Å². The topological polar surface area (TPSA) is 103 Å². The minimum Gasteiger partial charge on any atom is -0.406 e. The molecule has 1 atom stereocenters. The average molecular weight is 477 g/mol. The third kappa shape index (κ3) is 6.08. The van der Waals surface area contributed by atoms with Crippen LogP contribution in [-0.2, 0) is 16.1 Å². The molecule has 180 valence electrons. The third-order valence-electron chi connectivity index (χ3n) is 5.20. The Hall–Kier alpha value is -3.51. The number of nitrogens with zero attached hydrogens (tertiary/aromatic N) is 4. The Bertz CT molecular complexity index is 1100. The Labute approximate surface area is 192 Å². The molecule has 0 spiro atoms. The Morgan fingerprint density at radius 2 is 2.03 bits per heavy atom. The van der Waals surface area contributed by atoms with Gasteiger partial charge in [-0.2, -0.15) is 4.98 Å². The Balaban J connectivity index is 1.40. The highest BCUT2D eigenvalue weighted by molar-refractivity contribution is 5.90. The number of aromatic nitrogens is 3. The van der Waals surface area contributed by atoms with Gasteiger partial charge in [0.25, 0.3) is 5.91 Å². The molecule has 34 heavy (non-hydrogen) atoms. The standard InChI is InChI=1S/C22H22F3N5O4/c1-32-13-19(31)27-18-9-6-15(11-26-18)20-28-21(34-29-20)17-3-2-10-30(17)12-14-4-7-16(8-5-14)33-22(23,24)25/h4-9,11,17H,2-3,10,12-13H2,1H3,(H,26,27,31)/t17-/m0/s1. The molecule has 3 heterocycles. The summed E-state index contributed by atoms with van der Waals surface area (Å²) in [6, 6.07) is 9.06. The maximum Gasteiger partial charge on any atom is 0.573 e. The molecule has 9 nitrogen and oxygen atoms in total. The van der Waals surface area contributed by atoms with Crippen LogP contribution in [0.25, 0.3) is 11.4 Å². The van der Waals surface area contributed by atoms with Crippen molar-refractivity contribution in [3.8, 4) is 17.1 Å². The van der Waals surface area contributed by atoms with Crippen LogP contribution < -0.4 is 10.1 Å². The molecule has 0 saturated carbocycles. The molecule has 1 N–H and O–H groups in total. The zero-order valence-corrected chi connectivity index (χ0v) is 18.2. The van der Waals surface area contributed by atoms with Crippen LogP contribution in [-0.4, -0.2) is 52.6 Å². The minimum absolute atomic E-state index is 0.0685. The number of hydrogen-bond acceptors (Lipinski definition) is 8. The molecule has 2 aromatic heterocycles. The van der Waals surface area contributed by atoms with Gasteiger partial charge in [0.15, 0.2) is 0 Å². The number of hydrogen-bond donors (Lipinski definition) is 1. The lowest BCUT2D eigenvalue weighted by Gasteiger charge is -2.21. The first-order chi connectivity index (χ1) is 16.3. The second-order valence-corrected chi connectivity index (χ2v) is 7.69. The molecule has 4 rings (SSSR count). The normalized spacial score (nSPS) is 16.5. The van der Waals surface area contributed by atoms with Gasteiger partial charge in [-0.05, 0) is 49.2 Å². The van der Waals surface area contributed by atoms with Crippen molar-refractivity contribution in [1.82, 2.24) is 20.0 Å². The van der Waals surface area contributed by atoms with Crippen LogP contribution in [0.4, 0.5) is 19.0 Å². The smallest absolute Gasteiger partial charge is 0.406 e. The van der Waals surface area contributed by atoms with Crippen LogP contribution in [0.1, 0.15) is 30.3 Å². The molecule has 1 aliphatic rings. The van der Waals surface area contributed by atoms with E-state index < -0.39 is 6.36 Å². The highest BCUT2D eigenvalue weighted by Crippen LogP contribution is 2.33. The SMILES string of the molecule is COCC(=O)Nc1ccc(-c2noc([C@@H]3CCCN3Cc3ccc(OC(F)(F)F)cc3)n2)cn1. The van der Waals surface area contributed by atoms with Crippen LogP contribution in [0.5, 0.6) is 5.75 Å². The van der Waals surface area contributed by atoms with Gasteiger partial charge >= 0.3 is 6.36 Å². The summed E-state index contributed by atoms with van der Waals surface area (Å²) in [5, 5.41) is 6.66. The Kier molecular flexibility index (Phi) is 7.08. The Morgan fingerprint density at radius 3 is 2.71 bits per heavy atom. The molecular weight excluding hydrogens is 455 g/mol. The number of likely N-dealkylation sites (tertiary alicyclic amines) is 1. The maximum atomic E-state index is 12.4. The summed E-state index contributed by atoms with van der Waals surface area (Å²) in [6.45, 7) is 1.24. The summed E-state index contributed by atoms with van der Waals surface area (Å²) in [6.07, 6.45) is -1.44. The van der Waals surface area contributed by atoms with Gasteiger partial charge in [-0.15, -0.1) is 13.2 Å². The molecule has 1 fully saturated rings. The monoisotopic (exact) mass is 477 g/mol. The van der Waals surface area contributed by atoms with Crippen LogP contribution in [0.2, 0.25) is 0 Å². The van der Waals surface area contributed by atoms with Crippen LogP contribution in [0.15, 0.2) is 47.1 Å². The molecule has 1 saturated heterocycles. The first-order valence-electron chi connectivity index (χ1n) is 10.5. The number of rotatable bonds is 8. The van der Waals surface area contributed by atoms with Crippen molar-refractivity contribution >= 4 is 11.7 Å². The van der Waals surface area contributed by atoms with Crippen molar-refractivity contribution in [2.45, 2.75) is 31.8 Å². The highest BCUT2D eigenvalue weighted by Gasteiger charge is 2.32. The van der Waals surface area contributed by atoms with Crippen LogP contribution >= 0.6 is 0 Å². The quantitative estimate of drug-likeness (QED) is 0.520. The van der Waals surface area contributed by atoms with Gasteiger partial charge in [-0.3, -0.25) is 9.69 Å². The summed E-state index contributed by atoms with van der Waals surface area (Å²) >= 11 is 0. The van der Waals surface area contributed by atoms with Crippen LogP contribution in [0.3, 0.4) is 0 Å². The summed E-state index contributed by atoms with van der Waals surface area (Å²) in [4.78, 5) is 22.4. The molecule has 1 aromatic carbocycles. The number of alkyl halides is 3. The van der Waals surface area contributed by atoms with Gasteiger partial charge < -0.3 is 19.3 Å². The maximum absolute atomic E-state index is 12.4. The van der Waals surface area contributed by atoms with E-state index in [1.165, 1.54) is 25.4 Å². The summed E-state index contributed by atoms with van der Waals surface area (Å²) in [5.41, 5.74) is 1.47. The fraction of sp³-hybridized carbons (Fsp3) is 0.364. The number of methoxy groups -OCH3 is 1. The van der Waals surface area contributed by atoms with E-state index in [1.54, 1.807) is 24.3 Å². The van der Waals surface area contributed by atoms with E-state index in [1.807, 2.05) is 0 Å². The molecular formula is C22H22F3N5O4. The van der Waals surface area contributed by atoms with Gasteiger partial charge in [-0.25, -0.2) is 4.98 Å². The zero-order chi connectivity index (χ0) is 24.1. The van der Waals surface area contributed by atoms with Crippen molar-refractivity contribution in [1.29, 1.82) is 0 Å². The number of amides is 1. The van der Waals surface area contributed by atoms with E-state index >= 15 is 0 Å². The van der Waals surface area contributed by atoms with Crippen molar-refractivity contribution in [3.63, 3.8) is 0 Å². The van der Waals surface area contributed by atoms with E-state index in [2.05, 4.69) is 30.1 Å². The number of carbonyl (C=O) groups excluding carboxylic acids is 1. The van der Waals surface area contributed by atoms with Crippen LogP contribution in [0, 0.1) is 0 Å². The van der Waals surface area contributed by atoms with Crippen molar-refractivity contribution < 1.29 is 32.0 Å². The number of benzene rings is 1. The number of carbonyl (C=O) groups is 1. The third-order valence-corrected chi connectivity index (χ3v) is 5.20. The summed E-state index contributed by atoms with van der Waals surface area (Å²) in [5.74, 6) is 0.644. The van der Waals surface area contributed by atoms with Crippen molar-refractivity contribution in [3.05, 3.63) is 54.0 Å². The lowest BCUT2D eigenvalue weighted by Crippen LogP contribution is -2.23. The predicted octanol–water partition coefficient (Wildman–Crippen LogP) is 3.95. The van der Waals surface area contributed by atoms with Gasteiger partial charge in [-0.1, -0.05) is 17.3 Å². The Morgan fingerprint density at radius 1 is 1.24 bits per heavy atom. The number of nitrogens with one attached hydrogen (secondary N) is 1. The minimum atomic E-state index is -4.72. The molecule has 1 amide bonds. The van der Waals surface area contributed by atoms with Crippen molar-refractivity contribution in [2.24, 2.45) is 0 Å². The fourth-order valence-electron chi connectivity index (χ4n) is 3.72. The molecule has 0 bridgehead atoms. The fourth-order valence-corrected chi connectivity index (χ4v) is 3.72. The van der Waals surface area contributed by atoms with E-state index in [0.29, 0.717) is 29.6 Å². The molecule has 0 unspecified atom stereocenters. The molecule has 3 aromatic rings. The molecule has 0 aliphatic carbocycles. The van der Waals surface area contributed by atoms with Gasteiger partial charge in [0.05, 0.1) is 6.04 Å². The number of pyridine rings is 1. The predicted molar refractivity (Wildman–Crippen MR) is 114 cm³/mol. The average Bonchev–Trinajstić information content (AvgIpc) is 3.44. The van der Waals surface area contributed by atoms with E-state index in [4.69, 9.17) is 9.26 Å². The zero-order valence-electron chi connectivity index (χ0n) is 18.2. The second-order valence-electron chi connectivity index (χ2n) is 7.69. The molecule has 12 heteroatoms. The van der Waals surface area contributed by atoms with Gasteiger partial charge in [0, 0.05) is 25.4 Å². The second kappa shape index (κ2) is 10.2. The van der Waals surface area contributed by atoms with Gasteiger partial charge in [0.2, 0.25) is 11.7 Å². The lowest BCUT2D eigenvalue weighted by molar-refractivity contribution is -0.274. The highest BCUT2D eigenvalue weighted by atomic mass is 19.4. The summed E-state index contributed by atoms with van der Waals surface area (Å²) in [7, 11) is 1.43. The number of halogens is 3. The van der Waals surface area contributed by atoms with E-state index in [-0.39, 0.29) is 24.3 Å². The van der Waals surface area contributed by atoms with Gasteiger partial charge in [0.1, 0.15) is 18.2 Å². The first kappa shape index (κ1) is 23.6. The van der Waals surface area contributed by atoms with E-state index in [9.17, 15) is 18.0 Å². The van der Waals surface area contributed by atoms with E-state index in [0.717, 1.165) is 24.9 Å². The molecule has 1 aliphatic heterocycles. The number of anilines is 1. The summed E-state index contributed by atoms with van der Waals surface area (Å²) < 4.78 is 51.3. The first-order valence-corrected chi connectivity index (χ1v) is 10.5. The largest absolute Gasteiger partial charge is 0.573 e. The number of ether oxygens (including phenoxy) is 2.